The largest absolute Gasteiger partial charge is 0.480 e. The Morgan fingerprint density at radius 3 is 2.52 bits per heavy atom. The third-order valence-electron chi connectivity index (χ3n) is 2.56. The number of halogens is 3. The molecule has 3 N–H and O–H groups in total. The molecular weight excluding hydrogens is 367 g/mol. The number of carboxylic acids is 1. The SMILES string of the molecule is CC(C)C[C@@H](NC(=O)Nc1c(Cl)cc(F)cc1Br)C(=O)O. The molecule has 0 aliphatic rings. The first-order valence-corrected chi connectivity index (χ1v) is 7.32. The molecule has 0 unspecified atom stereocenters. The Balaban J connectivity index is 2.79. The molecule has 0 bridgehead atoms. The first-order chi connectivity index (χ1) is 9.70. The number of rotatable bonds is 5. The van der Waals surface area contributed by atoms with Crippen molar-refractivity contribution in [2.24, 2.45) is 5.92 Å². The highest BCUT2D eigenvalue weighted by molar-refractivity contribution is 9.10. The lowest BCUT2D eigenvalue weighted by Crippen LogP contribution is -2.43. The van der Waals surface area contributed by atoms with Gasteiger partial charge in [0, 0.05) is 4.47 Å². The summed E-state index contributed by atoms with van der Waals surface area (Å²) in [6.45, 7) is 3.70. The van der Waals surface area contributed by atoms with Crippen LogP contribution in [0.2, 0.25) is 5.02 Å². The van der Waals surface area contributed by atoms with Gasteiger partial charge >= 0.3 is 12.0 Å². The smallest absolute Gasteiger partial charge is 0.326 e. The predicted molar refractivity (Wildman–Crippen MR) is 82.1 cm³/mol. The third kappa shape index (κ3) is 5.51. The Bertz CT molecular complexity index is 531. The van der Waals surface area contributed by atoms with Crippen molar-refractivity contribution in [3.8, 4) is 0 Å². The molecule has 0 aromatic heterocycles. The second-order valence-corrected chi connectivity index (χ2v) is 6.12. The predicted octanol–water partition coefficient (Wildman–Crippen LogP) is 3.86. The van der Waals surface area contributed by atoms with Crippen LogP contribution >= 0.6 is 27.5 Å². The van der Waals surface area contributed by atoms with Crippen molar-refractivity contribution in [3.05, 3.63) is 27.4 Å². The molecule has 0 fully saturated rings. The summed E-state index contributed by atoms with van der Waals surface area (Å²) in [6.07, 6.45) is 0.293. The molecule has 1 aromatic carbocycles. The molecule has 116 valence electrons. The van der Waals surface area contributed by atoms with Gasteiger partial charge in [0.05, 0.1) is 10.7 Å². The van der Waals surface area contributed by atoms with Gasteiger partial charge in [-0.3, -0.25) is 0 Å². The maximum atomic E-state index is 13.1. The van der Waals surface area contributed by atoms with Crippen molar-refractivity contribution in [1.29, 1.82) is 0 Å². The molecular formula is C13H15BrClFN2O3. The van der Waals surface area contributed by atoms with Crippen molar-refractivity contribution in [2.45, 2.75) is 26.3 Å². The number of benzene rings is 1. The Morgan fingerprint density at radius 1 is 1.43 bits per heavy atom. The molecule has 0 aliphatic carbocycles. The first kappa shape index (κ1) is 17.7. The number of hydrogen-bond acceptors (Lipinski definition) is 2. The van der Waals surface area contributed by atoms with E-state index in [9.17, 15) is 14.0 Å². The standard InChI is InChI=1S/C13H15BrClFN2O3/c1-6(2)3-10(12(19)20)17-13(21)18-11-8(14)4-7(16)5-9(11)15/h4-6,10H,3H2,1-2H3,(H,19,20)(H2,17,18,21)/t10-/m1/s1. The Labute approximate surface area is 135 Å². The maximum absolute atomic E-state index is 13.1. The normalized spacial score (nSPS) is 12.1. The number of urea groups is 1. The molecule has 0 heterocycles. The van der Waals surface area contributed by atoms with E-state index in [-0.39, 0.29) is 21.1 Å². The topological polar surface area (TPSA) is 78.4 Å². The zero-order chi connectivity index (χ0) is 16.2. The van der Waals surface area contributed by atoms with Gasteiger partial charge in [-0.25, -0.2) is 14.0 Å². The summed E-state index contributed by atoms with van der Waals surface area (Å²) in [5.41, 5.74) is 0.171. The van der Waals surface area contributed by atoms with E-state index in [0.717, 1.165) is 12.1 Å². The Kier molecular flexibility index (Phi) is 6.42. The second kappa shape index (κ2) is 7.61. The minimum absolute atomic E-state index is 0.00718. The van der Waals surface area contributed by atoms with Gasteiger partial charge < -0.3 is 15.7 Å². The van der Waals surface area contributed by atoms with Gasteiger partial charge in [0.1, 0.15) is 11.9 Å². The van der Waals surface area contributed by atoms with Gasteiger partial charge in [0.2, 0.25) is 0 Å². The molecule has 1 atom stereocenters. The lowest BCUT2D eigenvalue weighted by atomic mass is 10.0. The van der Waals surface area contributed by atoms with Crippen LogP contribution in [-0.2, 0) is 4.79 Å². The monoisotopic (exact) mass is 380 g/mol. The molecule has 8 heteroatoms. The summed E-state index contributed by atoms with van der Waals surface area (Å²) in [6, 6.07) is 0.454. The zero-order valence-corrected chi connectivity index (χ0v) is 13.8. The zero-order valence-electron chi connectivity index (χ0n) is 11.4. The van der Waals surface area contributed by atoms with E-state index in [1.807, 2.05) is 13.8 Å². The van der Waals surface area contributed by atoms with E-state index in [4.69, 9.17) is 16.7 Å². The molecule has 0 spiro atoms. The molecule has 0 radical (unpaired) electrons. The summed E-state index contributed by atoms with van der Waals surface area (Å²) in [4.78, 5) is 22.9. The van der Waals surface area contributed by atoms with Crippen molar-refractivity contribution in [2.75, 3.05) is 5.32 Å². The van der Waals surface area contributed by atoms with E-state index in [1.54, 1.807) is 0 Å². The van der Waals surface area contributed by atoms with E-state index in [0.29, 0.717) is 6.42 Å². The van der Waals surface area contributed by atoms with E-state index in [1.165, 1.54) is 0 Å². The Hall–Kier alpha value is -1.34. The fraction of sp³-hybridized carbons (Fsp3) is 0.385. The molecule has 1 aromatic rings. The lowest BCUT2D eigenvalue weighted by molar-refractivity contribution is -0.139. The van der Waals surface area contributed by atoms with Gasteiger partial charge in [-0.15, -0.1) is 0 Å². The quantitative estimate of drug-likeness (QED) is 0.724. The number of aliphatic carboxylic acids is 1. The Morgan fingerprint density at radius 2 is 2.05 bits per heavy atom. The number of carboxylic acid groups (broad SMARTS) is 1. The highest BCUT2D eigenvalue weighted by atomic mass is 79.9. The number of amides is 2. The number of hydrogen-bond donors (Lipinski definition) is 3. The highest BCUT2D eigenvalue weighted by Crippen LogP contribution is 2.31. The minimum atomic E-state index is -1.12. The lowest BCUT2D eigenvalue weighted by Gasteiger charge is -2.17. The molecule has 1 rings (SSSR count). The maximum Gasteiger partial charge on any atom is 0.326 e. The fourth-order valence-corrected chi connectivity index (χ4v) is 2.56. The van der Waals surface area contributed by atoms with Crippen LogP contribution in [0.4, 0.5) is 14.9 Å². The van der Waals surface area contributed by atoms with Crippen LogP contribution in [0.5, 0.6) is 0 Å². The number of carbonyl (C=O) groups excluding carboxylic acids is 1. The average Bonchev–Trinajstić information content (AvgIpc) is 2.32. The van der Waals surface area contributed by atoms with Crippen LogP contribution in [0, 0.1) is 11.7 Å². The van der Waals surface area contributed by atoms with E-state index < -0.39 is 23.9 Å². The third-order valence-corrected chi connectivity index (χ3v) is 3.48. The van der Waals surface area contributed by atoms with Crippen LogP contribution in [0.25, 0.3) is 0 Å². The van der Waals surface area contributed by atoms with Gasteiger partial charge in [-0.2, -0.15) is 0 Å². The van der Waals surface area contributed by atoms with Crippen LogP contribution in [0.1, 0.15) is 20.3 Å². The van der Waals surface area contributed by atoms with Crippen LogP contribution in [0.15, 0.2) is 16.6 Å². The number of nitrogens with one attached hydrogen (secondary N) is 2. The molecule has 2 amide bonds. The summed E-state index contributed by atoms with van der Waals surface area (Å²) in [5.74, 6) is -1.57. The van der Waals surface area contributed by atoms with Crippen molar-refractivity contribution in [3.63, 3.8) is 0 Å². The molecule has 21 heavy (non-hydrogen) atoms. The molecule has 5 nitrogen and oxygen atoms in total. The van der Waals surface area contributed by atoms with Crippen LogP contribution in [-0.4, -0.2) is 23.1 Å². The van der Waals surface area contributed by atoms with Gasteiger partial charge in [0.15, 0.2) is 0 Å². The number of anilines is 1. The van der Waals surface area contributed by atoms with Crippen molar-refractivity contribution >= 4 is 45.2 Å². The highest BCUT2D eigenvalue weighted by Gasteiger charge is 2.22. The van der Waals surface area contributed by atoms with Crippen molar-refractivity contribution in [1.82, 2.24) is 5.32 Å². The summed E-state index contributed by atoms with van der Waals surface area (Å²) in [5, 5.41) is 13.8. The van der Waals surface area contributed by atoms with Crippen molar-refractivity contribution < 1.29 is 19.1 Å². The summed E-state index contributed by atoms with van der Waals surface area (Å²) < 4.78 is 13.3. The second-order valence-electron chi connectivity index (χ2n) is 4.86. The summed E-state index contributed by atoms with van der Waals surface area (Å²) in [7, 11) is 0. The average molecular weight is 382 g/mol. The van der Waals surface area contributed by atoms with Gasteiger partial charge in [0.25, 0.3) is 0 Å². The molecule has 0 aliphatic heterocycles. The molecule has 0 saturated carbocycles. The first-order valence-electron chi connectivity index (χ1n) is 6.15. The van der Waals surface area contributed by atoms with Gasteiger partial charge in [-0.05, 0) is 40.4 Å². The van der Waals surface area contributed by atoms with E-state index >= 15 is 0 Å². The number of carbonyl (C=O) groups is 2. The minimum Gasteiger partial charge on any atom is -0.480 e. The van der Waals surface area contributed by atoms with Gasteiger partial charge in [-0.1, -0.05) is 25.4 Å². The summed E-state index contributed by atoms with van der Waals surface area (Å²) >= 11 is 8.91. The molecule has 0 saturated heterocycles. The van der Waals surface area contributed by atoms with Crippen LogP contribution < -0.4 is 10.6 Å². The van der Waals surface area contributed by atoms with E-state index in [2.05, 4.69) is 26.6 Å². The fourth-order valence-electron chi connectivity index (χ4n) is 1.66. The van der Waals surface area contributed by atoms with Crippen LogP contribution in [0.3, 0.4) is 0 Å².